The van der Waals surface area contributed by atoms with E-state index in [0.29, 0.717) is 11.1 Å². The van der Waals surface area contributed by atoms with E-state index in [-0.39, 0.29) is 11.7 Å². The molecule has 38 heavy (non-hydrogen) atoms. The Labute approximate surface area is 224 Å². The fourth-order valence-electron chi connectivity index (χ4n) is 7.41. The van der Waals surface area contributed by atoms with E-state index in [9.17, 15) is 14.9 Å². The minimum Gasteiger partial charge on any atom is -0.374 e. The van der Waals surface area contributed by atoms with E-state index in [1.165, 1.54) is 37.8 Å². The quantitative estimate of drug-likeness (QED) is 0.281. The monoisotopic (exact) mass is 518 g/mol. The van der Waals surface area contributed by atoms with Crippen molar-refractivity contribution in [1.29, 1.82) is 5.26 Å². The predicted octanol–water partition coefficient (Wildman–Crippen LogP) is 3.24. The summed E-state index contributed by atoms with van der Waals surface area (Å²) < 4.78 is 0. The molecule has 0 saturated heterocycles. The molecular weight excluding hydrogens is 488 g/mol. The molecule has 7 rings (SSSR count). The number of rotatable bonds is 1. The van der Waals surface area contributed by atoms with Crippen molar-refractivity contribution in [1.82, 2.24) is 4.90 Å². The Kier molecular flexibility index (Phi) is 4.50. The first-order valence-corrected chi connectivity index (χ1v) is 16.3. The van der Waals surface area contributed by atoms with Gasteiger partial charge in [-0.15, -0.1) is 0 Å². The van der Waals surface area contributed by atoms with Crippen LogP contribution in [-0.2, 0) is 18.4 Å². The zero-order valence-corrected chi connectivity index (χ0v) is 23.5. The van der Waals surface area contributed by atoms with Crippen LogP contribution in [-0.4, -0.2) is 51.8 Å². The number of carbonyl (C=O) groups is 2. The lowest BCUT2D eigenvalue weighted by Crippen LogP contribution is -2.65. The van der Waals surface area contributed by atoms with Gasteiger partial charge in [-0.1, -0.05) is 38.4 Å². The Hall–Kier alpha value is -3.89. The molecule has 0 atom stereocenters. The number of anilines is 2. The SMILES string of the molecule is CC(=O)c1ccc2c(c1)C1(c3cc4c(cc3[Si-](C)(C)c3cc5c(cc31)CCN5C)N(C)CC4)N(C#N)C2=O. The van der Waals surface area contributed by atoms with E-state index < -0.39 is 13.6 Å². The zero-order valence-electron chi connectivity index (χ0n) is 22.5. The van der Waals surface area contributed by atoms with Crippen LogP contribution < -0.4 is 20.2 Å². The van der Waals surface area contributed by atoms with Crippen LogP contribution in [0.2, 0.25) is 13.1 Å². The summed E-state index contributed by atoms with van der Waals surface area (Å²) in [6, 6.07) is 14.6. The number of benzene rings is 3. The molecule has 0 fully saturated rings. The van der Waals surface area contributed by atoms with Crippen molar-refractivity contribution in [3.8, 4) is 6.19 Å². The third-order valence-corrected chi connectivity index (χ3v) is 13.0. The first-order chi connectivity index (χ1) is 18.1. The molecule has 0 N–H and O–H groups in total. The smallest absolute Gasteiger partial charge is 0.268 e. The van der Waals surface area contributed by atoms with Crippen LogP contribution in [0.5, 0.6) is 0 Å². The maximum atomic E-state index is 13.9. The number of hydrogen-bond donors (Lipinski definition) is 0. The number of carbonyl (C=O) groups excluding carboxylic acids is 2. The Balaban J connectivity index is 1.68. The second-order valence-electron chi connectivity index (χ2n) is 11.8. The Morgan fingerprint density at radius 3 is 1.95 bits per heavy atom. The second kappa shape index (κ2) is 7.36. The standard InChI is InChI=1S/C31H30N4O2Si/c1-18(36)19-6-7-22-23(12-19)31(35(17-32)30(22)37)24-13-20-8-10-33(2)26(20)15-28(24)38(4,5)29-16-27-21(14-25(29)31)9-11-34(27)3/h6-7,12-16H,8-11H2,1-5H3/q-1. The third-order valence-electron chi connectivity index (χ3n) is 9.50. The molecule has 1 spiro atoms. The average molecular weight is 519 g/mol. The van der Waals surface area contributed by atoms with Crippen molar-refractivity contribution in [3.63, 3.8) is 0 Å². The van der Waals surface area contributed by atoms with Gasteiger partial charge in [0.1, 0.15) is 5.54 Å². The molecule has 0 aromatic heterocycles. The molecular formula is C31H30N4O2Si-. The lowest BCUT2D eigenvalue weighted by atomic mass is 9.74. The van der Waals surface area contributed by atoms with E-state index in [4.69, 9.17) is 0 Å². The van der Waals surface area contributed by atoms with E-state index >= 15 is 0 Å². The minimum absolute atomic E-state index is 0.0528. The van der Waals surface area contributed by atoms with Crippen LogP contribution in [0.3, 0.4) is 0 Å². The van der Waals surface area contributed by atoms with E-state index in [1.54, 1.807) is 19.1 Å². The topological polar surface area (TPSA) is 67.7 Å². The summed E-state index contributed by atoms with van der Waals surface area (Å²) in [5.74, 6) is -0.353. The van der Waals surface area contributed by atoms with Crippen LogP contribution in [0, 0.1) is 11.5 Å². The van der Waals surface area contributed by atoms with E-state index in [0.717, 1.165) is 42.6 Å². The predicted molar refractivity (Wildman–Crippen MR) is 152 cm³/mol. The summed E-state index contributed by atoms with van der Waals surface area (Å²) in [7, 11) is 2.01. The first kappa shape index (κ1) is 23.2. The number of hydrogen-bond acceptors (Lipinski definition) is 5. The van der Waals surface area contributed by atoms with Crippen molar-refractivity contribution in [2.75, 3.05) is 37.0 Å². The fourth-order valence-corrected chi connectivity index (χ4v) is 10.5. The van der Waals surface area contributed by atoms with E-state index in [1.807, 2.05) is 6.07 Å². The molecule has 1 amide bonds. The molecule has 4 heterocycles. The van der Waals surface area contributed by atoms with Crippen molar-refractivity contribution in [2.24, 2.45) is 0 Å². The molecule has 3 aromatic rings. The van der Waals surface area contributed by atoms with Crippen LogP contribution in [0.1, 0.15) is 55.5 Å². The Morgan fingerprint density at radius 2 is 1.45 bits per heavy atom. The highest BCUT2D eigenvalue weighted by atomic mass is 28.3. The lowest BCUT2D eigenvalue weighted by molar-refractivity contribution is 0.0790. The Morgan fingerprint density at radius 1 is 0.895 bits per heavy atom. The van der Waals surface area contributed by atoms with Crippen molar-refractivity contribution in [3.05, 3.63) is 81.4 Å². The summed E-state index contributed by atoms with van der Waals surface area (Å²) in [5.41, 5.74) is 7.79. The molecule has 0 unspecified atom stereocenters. The minimum atomic E-state index is -2.26. The highest BCUT2D eigenvalue weighted by Crippen LogP contribution is 2.52. The molecule has 0 aliphatic carbocycles. The molecule has 191 valence electrons. The van der Waals surface area contributed by atoms with Crippen molar-refractivity contribution in [2.45, 2.75) is 38.4 Å². The molecule has 0 bridgehead atoms. The van der Waals surface area contributed by atoms with Gasteiger partial charge in [0.25, 0.3) is 5.91 Å². The summed E-state index contributed by atoms with van der Waals surface area (Å²) in [6.07, 6.45) is 4.19. The number of nitrogens with zero attached hydrogens (tertiary/aromatic N) is 4. The summed E-state index contributed by atoms with van der Waals surface area (Å²) in [6.45, 7) is 8.23. The van der Waals surface area contributed by atoms with Gasteiger partial charge in [-0.25, -0.2) is 4.90 Å². The molecule has 0 saturated carbocycles. The van der Waals surface area contributed by atoms with Gasteiger partial charge in [-0.2, -0.15) is 28.7 Å². The molecule has 4 aliphatic heterocycles. The van der Waals surface area contributed by atoms with Crippen molar-refractivity contribution >= 4 is 41.5 Å². The number of likely N-dealkylation sites (N-methyl/N-ethyl adjacent to an activating group) is 2. The zero-order chi connectivity index (χ0) is 26.7. The Bertz CT molecular complexity index is 1600. The number of Topliss-reactive ketones (excluding diaryl/α,β-unsaturated/α-hetero) is 1. The summed E-state index contributed by atoms with van der Waals surface area (Å²) in [5, 5.41) is 13.2. The van der Waals surface area contributed by atoms with Crippen LogP contribution >= 0.6 is 0 Å². The average Bonchev–Trinajstić information content (AvgIpc) is 3.53. The van der Waals surface area contributed by atoms with Gasteiger partial charge in [0, 0.05) is 55.2 Å². The number of fused-ring (bicyclic) bond motifs is 8. The first-order valence-electron chi connectivity index (χ1n) is 13.3. The lowest BCUT2D eigenvalue weighted by Gasteiger charge is -2.53. The van der Waals surface area contributed by atoms with Gasteiger partial charge in [0.15, 0.2) is 12.0 Å². The van der Waals surface area contributed by atoms with Gasteiger partial charge < -0.3 is 9.80 Å². The highest BCUT2D eigenvalue weighted by Gasteiger charge is 2.57. The number of nitriles is 1. The normalized spacial score (nSPS) is 19.2. The van der Waals surface area contributed by atoms with Crippen molar-refractivity contribution < 1.29 is 9.59 Å². The molecule has 4 aliphatic rings. The van der Waals surface area contributed by atoms with Gasteiger partial charge >= 0.3 is 0 Å². The summed E-state index contributed by atoms with van der Waals surface area (Å²) >= 11 is 0. The molecule has 0 radical (unpaired) electrons. The van der Waals surface area contributed by atoms with Gasteiger partial charge in [0.05, 0.1) is 0 Å². The van der Waals surface area contributed by atoms with Crippen LogP contribution in [0.25, 0.3) is 0 Å². The van der Waals surface area contributed by atoms with Gasteiger partial charge in [0.2, 0.25) is 0 Å². The van der Waals surface area contributed by atoms with Crippen LogP contribution in [0.4, 0.5) is 11.4 Å². The maximum absolute atomic E-state index is 13.9. The fraction of sp³-hybridized carbons (Fsp3) is 0.323. The van der Waals surface area contributed by atoms with Crippen LogP contribution in [0.15, 0.2) is 42.5 Å². The molecule has 7 heteroatoms. The number of ketones is 1. The summed E-state index contributed by atoms with van der Waals surface area (Å²) in [4.78, 5) is 32.5. The molecule has 6 nitrogen and oxygen atoms in total. The van der Waals surface area contributed by atoms with Gasteiger partial charge in [-0.05, 0) is 54.2 Å². The number of amides is 1. The second-order valence-corrected chi connectivity index (χ2v) is 16.1. The maximum Gasteiger partial charge on any atom is 0.268 e. The largest absolute Gasteiger partial charge is 0.374 e. The van der Waals surface area contributed by atoms with E-state index in [2.05, 4.69) is 67.4 Å². The van der Waals surface area contributed by atoms with Gasteiger partial charge in [-0.3, -0.25) is 9.59 Å². The molecule has 3 aromatic carbocycles. The highest BCUT2D eigenvalue weighted by molar-refractivity contribution is 7.01. The third kappa shape index (κ3) is 2.61.